The molecule has 3 heterocycles. The maximum Gasteiger partial charge on any atom is 0.339 e. The molecule has 4 rings (SSSR count). The van der Waals surface area contributed by atoms with Gasteiger partial charge in [0, 0.05) is 5.39 Å². The van der Waals surface area contributed by atoms with Crippen LogP contribution < -0.4 is 0 Å². The fraction of sp³-hybridized carbons (Fsp3) is 0.158. The average molecular weight is 400 g/mol. The predicted molar refractivity (Wildman–Crippen MR) is 103 cm³/mol. The number of hydrogen-bond acceptors (Lipinski definition) is 7. The van der Waals surface area contributed by atoms with E-state index in [9.17, 15) is 4.79 Å². The van der Waals surface area contributed by atoms with Gasteiger partial charge in [0.2, 0.25) is 0 Å². The Labute approximate surface area is 163 Å². The van der Waals surface area contributed by atoms with Gasteiger partial charge in [0.25, 0.3) is 5.89 Å². The first kappa shape index (κ1) is 17.6. The van der Waals surface area contributed by atoms with E-state index in [2.05, 4.69) is 15.1 Å². The van der Waals surface area contributed by atoms with E-state index in [1.165, 1.54) is 11.3 Å². The van der Waals surface area contributed by atoms with Crippen LogP contribution >= 0.6 is 22.9 Å². The number of carbonyl (C=O) groups excluding carboxylic acids is 1. The number of rotatable bonds is 4. The number of ether oxygens (including phenoxy) is 1. The zero-order chi connectivity index (χ0) is 19.0. The third kappa shape index (κ3) is 3.56. The second kappa shape index (κ2) is 7.09. The summed E-state index contributed by atoms with van der Waals surface area (Å²) >= 11 is 7.45. The number of thiophene rings is 1. The van der Waals surface area contributed by atoms with Crippen molar-refractivity contribution >= 4 is 39.8 Å². The van der Waals surface area contributed by atoms with Gasteiger partial charge in [0.15, 0.2) is 11.9 Å². The molecular weight excluding hydrogens is 386 g/mol. The normalized spacial score (nSPS) is 12.3. The number of fused-ring (bicyclic) bond motifs is 1. The Morgan fingerprint density at radius 3 is 2.74 bits per heavy atom. The highest BCUT2D eigenvalue weighted by molar-refractivity contribution is 7.19. The summed E-state index contributed by atoms with van der Waals surface area (Å²) in [5, 5.41) is 4.44. The van der Waals surface area contributed by atoms with Crippen molar-refractivity contribution in [1.82, 2.24) is 15.1 Å². The van der Waals surface area contributed by atoms with Crippen molar-refractivity contribution in [2.45, 2.75) is 20.0 Å². The molecule has 0 fully saturated rings. The summed E-state index contributed by atoms with van der Waals surface area (Å²) in [6.45, 7) is 3.39. The van der Waals surface area contributed by atoms with Gasteiger partial charge >= 0.3 is 5.97 Å². The van der Waals surface area contributed by atoms with Gasteiger partial charge in [-0.25, -0.2) is 9.78 Å². The second-order valence-electron chi connectivity index (χ2n) is 5.90. The molecule has 3 aromatic heterocycles. The molecule has 0 spiro atoms. The van der Waals surface area contributed by atoms with Crippen LogP contribution in [0.15, 0.2) is 47.0 Å². The highest BCUT2D eigenvalue weighted by Gasteiger charge is 2.21. The van der Waals surface area contributed by atoms with Gasteiger partial charge < -0.3 is 9.26 Å². The molecule has 0 aliphatic rings. The molecule has 4 aromatic rings. The molecule has 0 N–H and O–H groups in total. The minimum atomic E-state index is -0.662. The third-order valence-electron chi connectivity index (χ3n) is 3.94. The molecule has 136 valence electrons. The van der Waals surface area contributed by atoms with Crippen LogP contribution in [0.5, 0.6) is 0 Å². The van der Waals surface area contributed by atoms with Crippen LogP contribution in [0.3, 0.4) is 0 Å². The predicted octanol–water partition coefficient (Wildman–Crippen LogP) is 5.23. The Morgan fingerprint density at radius 2 is 2.04 bits per heavy atom. The minimum absolute atomic E-state index is 0.254. The fourth-order valence-corrected chi connectivity index (χ4v) is 3.68. The van der Waals surface area contributed by atoms with Crippen molar-refractivity contribution in [1.29, 1.82) is 0 Å². The summed E-state index contributed by atoms with van der Waals surface area (Å²) in [6, 6.07) is 12.8. The highest BCUT2D eigenvalue weighted by Crippen LogP contribution is 2.33. The second-order valence-corrected chi connectivity index (χ2v) is 7.62. The summed E-state index contributed by atoms with van der Waals surface area (Å²) in [7, 11) is 0. The van der Waals surface area contributed by atoms with Gasteiger partial charge in [-0.3, -0.25) is 0 Å². The molecule has 0 bridgehead atoms. The number of halogens is 1. The molecule has 27 heavy (non-hydrogen) atoms. The highest BCUT2D eigenvalue weighted by atomic mass is 35.5. The van der Waals surface area contributed by atoms with E-state index >= 15 is 0 Å². The van der Waals surface area contributed by atoms with Crippen LogP contribution in [0.1, 0.15) is 35.1 Å². The Balaban J connectivity index is 1.74. The lowest BCUT2D eigenvalue weighted by molar-refractivity contribution is 0.0268. The zero-order valence-electron chi connectivity index (χ0n) is 14.5. The molecule has 0 radical (unpaired) electrons. The fourth-order valence-electron chi connectivity index (χ4n) is 2.68. The van der Waals surface area contributed by atoms with Gasteiger partial charge in [0.05, 0.1) is 26.0 Å². The first-order chi connectivity index (χ1) is 13.0. The summed E-state index contributed by atoms with van der Waals surface area (Å²) < 4.78 is 11.3. The molecule has 1 atom stereocenters. The number of aryl methyl sites for hydroxylation is 1. The monoisotopic (exact) mass is 399 g/mol. The van der Waals surface area contributed by atoms with Gasteiger partial charge in [-0.1, -0.05) is 35.0 Å². The summed E-state index contributed by atoms with van der Waals surface area (Å²) in [5.74, 6) is 0.254. The van der Waals surface area contributed by atoms with Crippen molar-refractivity contribution in [2.24, 2.45) is 0 Å². The summed E-state index contributed by atoms with van der Waals surface area (Å²) in [5.41, 5.74) is 1.79. The van der Waals surface area contributed by atoms with Crippen LogP contribution in [0.4, 0.5) is 0 Å². The van der Waals surface area contributed by atoms with E-state index in [1.807, 2.05) is 30.3 Å². The number of esters is 1. The molecule has 0 saturated carbocycles. The van der Waals surface area contributed by atoms with Gasteiger partial charge in [-0.2, -0.15) is 4.98 Å². The van der Waals surface area contributed by atoms with E-state index in [0.717, 1.165) is 4.88 Å². The Kier molecular flexibility index (Phi) is 4.63. The van der Waals surface area contributed by atoms with Gasteiger partial charge in [0.1, 0.15) is 0 Å². The van der Waals surface area contributed by atoms with Crippen molar-refractivity contribution in [2.75, 3.05) is 0 Å². The summed E-state index contributed by atoms with van der Waals surface area (Å²) in [4.78, 5) is 22.5. The average Bonchev–Trinajstić information content (AvgIpc) is 3.29. The number of carbonyl (C=O) groups is 1. The lowest BCUT2D eigenvalue weighted by Crippen LogP contribution is -2.10. The Morgan fingerprint density at radius 1 is 1.22 bits per heavy atom. The van der Waals surface area contributed by atoms with Crippen LogP contribution in [0.25, 0.3) is 21.5 Å². The number of aromatic nitrogens is 3. The molecule has 1 unspecified atom stereocenters. The number of nitrogens with zero attached hydrogens (tertiary/aromatic N) is 3. The molecular formula is C19H14ClN3O3S. The summed E-state index contributed by atoms with van der Waals surface area (Å²) in [6.07, 6.45) is -0.662. The van der Waals surface area contributed by atoms with E-state index in [-0.39, 0.29) is 5.89 Å². The van der Waals surface area contributed by atoms with Crippen molar-refractivity contribution in [3.63, 3.8) is 0 Å². The van der Waals surface area contributed by atoms with Crippen molar-refractivity contribution in [3.05, 3.63) is 64.1 Å². The topological polar surface area (TPSA) is 78.1 Å². The number of para-hydroxylation sites is 1. The van der Waals surface area contributed by atoms with Crippen LogP contribution in [0, 0.1) is 6.92 Å². The molecule has 8 heteroatoms. The molecule has 0 aliphatic carbocycles. The zero-order valence-corrected chi connectivity index (χ0v) is 16.0. The number of hydrogen-bond donors (Lipinski definition) is 0. The first-order valence-electron chi connectivity index (χ1n) is 8.18. The molecule has 6 nitrogen and oxygen atoms in total. The standard InChI is InChI=1S/C19H14ClN3O3S/c1-10(18-21-11(2)23-26-18)25-19(24)13-9-15(16-7-8-17(20)27-16)22-14-6-4-3-5-12(13)14/h3-10H,1-2H3. The van der Waals surface area contributed by atoms with Crippen molar-refractivity contribution in [3.8, 4) is 10.6 Å². The molecule has 0 amide bonds. The molecule has 0 aliphatic heterocycles. The van der Waals surface area contributed by atoms with Crippen molar-refractivity contribution < 1.29 is 14.1 Å². The quantitative estimate of drug-likeness (QED) is 0.437. The van der Waals surface area contributed by atoms with E-state index in [1.54, 1.807) is 26.0 Å². The SMILES string of the molecule is Cc1noc(C(C)OC(=O)c2cc(-c3ccc(Cl)s3)nc3ccccc23)n1. The number of pyridine rings is 1. The van der Waals surface area contributed by atoms with Crippen LogP contribution in [0.2, 0.25) is 4.34 Å². The Bertz CT molecular complexity index is 1140. The molecule has 1 aromatic carbocycles. The lowest BCUT2D eigenvalue weighted by atomic mass is 10.1. The van der Waals surface area contributed by atoms with E-state index in [0.29, 0.717) is 32.3 Å². The van der Waals surface area contributed by atoms with Gasteiger partial charge in [-0.05, 0) is 38.1 Å². The smallest absolute Gasteiger partial charge is 0.339 e. The third-order valence-corrected chi connectivity index (χ3v) is 5.19. The minimum Gasteiger partial charge on any atom is -0.449 e. The Hall–Kier alpha value is -2.77. The lowest BCUT2D eigenvalue weighted by Gasteiger charge is -2.12. The van der Waals surface area contributed by atoms with E-state index in [4.69, 9.17) is 20.9 Å². The largest absolute Gasteiger partial charge is 0.449 e. The molecule has 0 saturated heterocycles. The van der Waals surface area contributed by atoms with E-state index < -0.39 is 12.1 Å². The number of benzene rings is 1. The van der Waals surface area contributed by atoms with Crippen LogP contribution in [-0.2, 0) is 4.74 Å². The van der Waals surface area contributed by atoms with Crippen LogP contribution in [-0.4, -0.2) is 21.1 Å². The maximum absolute atomic E-state index is 12.9. The van der Waals surface area contributed by atoms with Gasteiger partial charge in [-0.15, -0.1) is 11.3 Å². The maximum atomic E-state index is 12.9. The first-order valence-corrected chi connectivity index (χ1v) is 9.37.